The van der Waals surface area contributed by atoms with Crippen LogP contribution >= 0.6 is 11.6 Å². The summed E-state index contributed by atoms with van der Waals surface area (Å²) in [5.74, 6) is -1.08. The number of hydrogen-bond acceptors (Lipinski definition) is 1. The van der Waals surface area contributed by atoms with E-state index in [1.165, 1.54) is 18.2 Å². The van der Waals surface area contributed by atoms with Crippen LogP contribution in [0.2, 0.25) is 0 Å². The lowest BCUT2D eigenvalue weighted by molar-refractivity contribution is 0.101. The summed E-state index contributed by atoms with van der Waals surface area (Å²) >= 11 is 5.24. The van der Waals surface area contributed by atoms with E-state index in [-0.39, 0.29) is 17.2 Å². The molecule has 0 atom stereocenters. The van der Waals surface area contributed by atoms with E-state index in [4.69, 9.17) is 11.6 Å². The van der Waals surface area contributed by atoms with Gasteiger partial charge in [0.1, 0.15) is 5.82 Å². The molecule has 0 aliphatic carbocycles. The van der Waals surface area contributed by atoms with Crippen LogP contribution in [-0.2, 0) is 0 Å². The number of ketones is 1. The molecule has 0 saturated carbocycles. The highest BCUT2D eigenvalue weighted by Gasteiger charge is 2.07. The summed E-state index contributed by atoms with van der Waals surface area (Å²) < 4.78 is 12.7. The Kier molecular flexibility index (Phi) is 2.60. The summed E-state index contributed by atoms with van der Waals surface area (Å²) in [5, 5.41) is 0. The van der Waals surface area contributed by atoms with E-state index in [9.17, 15) is 9.18 Å². The molecular weight excluding hydrogens is 167 g/mol. The van der Waals surface area contributed by atoms with Gasteiger partial charge < -0.3 is 0 Å². The molecule has 1 aromatic rings. The van der Waals surface area contributed by atoms with Crippen LogP contribution < -0.4 is 0 Å². The normalized spacial score (nSPS) is 9.64. The minimum atomic E-state index is -0.516. The van der Waals surface area contributed by atoms with Gasteiger partial charge in [0.25, 0.3) is 0 Å². The molecule has 0 heterocycles. The van der Waals surface area contributed by atoms with Gasteiger partial charge in [0.05, 0.1) is 11.4 Å². The second-order valence-electron chi connectivity index (χ2n) is 2.04. The summed E-state index contributed by atoms with van der Waals surface area (Å²) in [7, 11) is 0. The summed E-state index contributed by atoms with van der Waals surface area (Å²) in [6.07, 6.45) is 0. The van der Waals surface area contributed by atoms with E-state index < -0.39 is 5.82 Å². The van der Waals surface area contributed by atoms with Crippen molar-refractivity contribution in [2.45, 2.75) is 0 Å². The second kappa shape index (κ2) is 3.49. The lowest BCUT2D eigenvalue weighted by Crippen LogP contribution is -2.02. The zero-order chi connectivity index (χ0) is 8.27. The monoisotopic (exact) mass is 172 g/mol. The lowest BCUT2D eigenvalue weighted by Gasteiger charge is -1.96. The van der Waals surface area contributed by atoms with Crippen molar-refractivity contribution in [2.75, 3.05) is 5.88 Å². The van der Waals surface area contributed by atoms with Gasteiger partial charge in [-0.3, -0.25) is 4.79 Å². The topological polar surface area (TPSA) is 17.1 Å². The van der Waals surface area contributed by atoms with Crippen molar-refractivity contribution in [2.24, 2.45) is 0 Å². The standard InChI is InChI=1S/C8H6ClFO/c9-5-8(11)6-3-1-2-4-7(6)10/h1-4H,5H2. The van der Waals surface area contributed by atoms with Crippen LogP contribution in [0, 0.1) is 5.82 Å². The molecule has 0 N–H and O–H groups in total. The summed E-state index contributed by atoms with van der Waals surface area (Å²) in [6, 6.07) is 5.78. The fourth-order valence-electron chi connectivity index (χ4n) is 0.759. The molecule has 1 nitrogen and oxygen atoms in total. The first-order valence-electron chi connectivity index (χ1n) is 3.09. The predicted molar refractivity (Wildman–Crippen MR) is 41.5 cm³/mol. The molecule has 1 aromatic carbocycles. The highest BCUT2D eigenvalue weighted by Crippen LogP contribution is 2.07. The summed E-state index contributed by atoms with van der Waals surface area (Å²) in [4.78, 5) is 10.9. The molecule has 0 radical (unpaired) electrons. The molecule has 0 saturated heterocycles. The lowest BCUT2D eigenvalue weighted by atomic mass is 10.1. The van der Waals surface area contributed by atoms with Crippen LogP contribution in [0.15, 0.2) is 24.3 Å². The van der Waals surface area contributed by atoms with Gasteiger partial charge in [-0.05, 0) is 12.1 Å². The molecule has 0 aliphatic rings. The number of rotatable bonds is 2. The SMILES string of the molecule is O=C(CCl)c1ccccc1F. The van der Waals surface area contributed by atoms with Gasteiger partial charge in [-0.2, -0.15) is 0 Å². The Bertz CT molecular complexity index is 273. The van der Waals surface area contributed by atoms with E-state index >= 15 is 0 Å². The molecule has 3 heteroatoms. The van der Waals surface area contributed by atoms with Gasteiger partial charge in [0.2, 0.25) is 0 Å². The van der Waals surface area contributed by atoms with Crippen molar-refractivity contribution in [3.8, 4) is 0 Å². The van der Waals surface area contributed by atoms with Crippen molar-refractivity contribution in [1.82, 2.24) is 0 Å². The Morgan fingerprint density at radius 2 is 2.09 bits per heavy atom. The first-order valence-corrected chi connectivity index (χ1v) is 3.63. The number of alkyl halides is 1. The van der Waals surface area contributed by atoms with Gasteiger partial charge in [-0.25, -0.2) is 4.39 Å². The van der Waals surface area contributed by atoms with Gasteiger partial charge in [-0.15, -0.1) is 11.6 Å². The van der Waals surface area contributed by atoms with E-state index in [0.717, 1.165) is 0 Å². The van der Waals surface area contributed by atoms with E-state index in [1.54, 1.807) is 6.07 Å². The smallest absolute Gasteiger partial charge is 0.180 e. The Hall–Kier alpha value is -0.890. The molecule has 11 heavy (non-hydrogen) atoms. The number of hydrogen-bond donors (Lipinski definition) is 0. The first kappa shape index (κ1) is 8.21. The number of benzene rings is 1. The molecule has 58 valence electrons. The Morgan fingerprint density at radius 1 is 1.45 bits per heavy atom. The average Bonchev–Trinajstić information content (AvgIpc) is 2.04. The molecule has 0 amide bonds. The van der Waals surface area contributed by atoms with Crippen LogP contribution in [0.3, 0.4) is 0 Å². The van der Waals surface area contributed by atoms with Crippen molar-refractivity contribution in [1.29, 1.82) is 0 Å². The Morgan fingerprint density at radius 3 is 2.64 bits per heavy atom. The zero-order valence-corrected chi connectivity index (χ0v) is 6.44. The largest absolute Gasteiger partial charge is 0.293 e. The van der Waals surface area contributed by atoms with E-state index in [0.29, 0.717) is 0 Å². The van der Waals surface area contributed by atoms with E-state index in [1.807, 2.05) is 0 Å². The first-order chi connectivity index (χ1) is 5.25. The molecule has 0 aromatic heterocycles. The molecule has 0 fully saturated rings. The van der Waals surface area contributed by atoms with Crippen LogP contribution in [0.5, 0.6) is 0 Å². The van der Waals surface area contributed by atoms with Gasteiger partial charge in [-0.1, -0.05) is 12.1 Å². The number of Topliss-reactive ketones (excluding diaryl/α,β-unsaturated/α-hetero) is 1. The molecule has 0 bridgehead atoms. The third kappa shape index (κ3) is 1.77. The van der Waals surface area contributed by atoms with Crippen molar-refractivity contribution in [3.05, 3.63) is 35.6 Å². The van der Waals surface area contributed by atoms with Crippen molar-refractivity contribution < 1.29 is 9.18 Å². The molecular formula is C8H6ClFO. The summed E-state index contributed by atoms with van der Waals surface area (Å²) in [6.45, 7) is 0. The number of carbonyl (C=O) groups excluding carboxylic acids is 1. The third-order valence-electron chi connectivity index (χ3n) is 1.30. The number of halogens is 2. The minimum Gasteiger partial charge on any atom is -0.293 e. The Labute approximate surface area is 68.8 Å². The molecule has 0 aliphatic heterocycles. The van der Waals surface area contributed by atoms with Crippen LogP contribution in [0.4, 0.5) is 4.39 Å². The highest BCUT2D eigenvalue weighted by atomic mass is 35.5. The van der Waals surface area contributed by atoms with E-state index in [2.05, 4.69) is 0 Å². The molecule has 1 rings (SSSR count). The summed E-state index contributed by atoms with van der Waals surface area (Å²) in [5.41, 5.74) is 0.0579. The van der Waals surface area contributed by atoms with Crippen LogP contribution in [0.25, 0.3) is 0 Å². The minimum absolute atomic E-state index is 0.0579. The second-order valence-corrected chi connectivity index (χ2v) is 2.30. The van der Waals surface area contributed by atoms with Gasteiger partial charge in [0, 0.05) is 0 Å². The van der Waals surface area contributed by atoms with Crippen LogP contribution in [-0.4, -0.2) is 11.7 Å². The highest BCUT2D eigenvalue weighted by molar-refractivity contribution is 6.30. The fourth-order valence-corrected chi connectivity index (χ4v) is 0.903. The maximum Gasteiger partial charge on any atom is 0.180 e. The van der Waals surface area contributed by atoms with Gasteiger partial charge in [0.15, 0.2) is 5.78 Å². The fraction of sp³-hybridized carbons (Fsp3) is 0.125. The number of carbonyl (C=O) groups is 1. The maximum atomic E-state index is 12.7. The molecule has 0 spiro atoms. The van der Waals surface area contributed by atoms with Crippen LogP contribution in [0.1, 0.15) is 10.4 Å². The third-order valence-corrected chi connectivity index (χ3v) is 1.54. The zero-order valence-electron chi connectivity index (χ0n) is 5.68. The Balaban J connectivity index is 3.03. The van der Waals surface area contributed by atoms with Gasteiger partial charge >= 0.3 is 0 Å². The maximum absolute atomic E-state index is 12.7. The molecule has 0 unspecified atom stereocenters. The quantitative estimate of drug-likeness (QED) is 0.494. The predicted octanol–water partition coefficient (Wildman–Crippen LogP) is 2.25. The van der Waals surface area contributed by atoms with Crippen molar-refractivity contribution >= 4 is 17.4 Å². The van der Waals surface area contributed by atoms with Crippen molar-refractivity contribution in [3.63, 3.8) is 0 Å². The average molecular weight is 173 g/mol.